The van der Waals surface area contributed by atoms with Crippen molar-refractivity contribution in [3.05, 3.63) is 36.4 Å². The van der Waals surface area contributed by atoms with Crippen LogP contribution < -0.4 is 4.74 Å². The molecule has 0 aliphatic heterocycles. The normalized spacial score (nSPS) is 12.8. The Morgan fingerprint density at radius 3 is 2.56 bits per heavy atom. The number of ether oxygens (including phenoxy) is 1. The molecule has 0 aromatic heterocycles. The van der Waals surface area contributed by atoms with E-state index in [1.54, 1.807) is 0 Å². The van der Waals surface area contributed by atoms with E-state index in [2.05, 4.69) is 20.8 Å². The molecule has 0 bridgehead atoms. The quantitative estimate of drug-likeness (QED) is 0.638. The van der Waals surface area contributed by atoms with E-state index in [1.807, 2.05) is 30.3 Å². The van der Waals surface area contributed by atoms with Gasteiger partial charge in [-0.3, -0.25) is 0 Å². The molecule has 1 rings (SSSR count). The maximum absolute atomic E-state index is 5.75. The van der Waals surface area contributed by atoms with Gasteiger partial charge in [0, 0.05) is 0 Å². The average Bonchev–Trinajstić information content (AvgIpc) is 2.30. The predicted molar refractivity (Wildman–Crippen MR) is 69.3 cm³/mol. The van der Waals surface area contributed by atoms with Gasteiger partial charge in [0.05, 0.1) is 0 Å². The molecule has 1 nitrogen and oxygen atoms in total. The molecule has 0 aliphatic carbocycles. The SMILES string of the molecule is CCC(C)CCC[C](C)Oc1ccccc1. The van der Waals surface area contributed by atoms with Crippen molar-refractivity contribution < 1.29 is 4.74 Å². The fraction of sp³-hybridized carbons (Fsp3) is 0.533. The van der Waals surface area contributed by atoms with E-state index in [-0.39, 0.29) is 0 Å². The molecule has 0 heterocycles. The summed E-state index contributed by atoms with van der Waals surface area (Å²) in [5.41, 5.74) is 0. The third-order valence-electron chi connectivity index (χ3n) is 2.96. The third-order valence-corrected chi connectivity index (χ3v) is 2.96. The van der Waals surface area contributed by atoms with Crippen LogP contribution in [0.2, 0.25) is 0 Å². The highest BCUT2D eigenvalue weighted by atomic mass is 16.5. The van der Waals surface area contributed by atoms with E-state index < -0.39 is 0 Å². The second-order valence-electron chi connectivity index (χ2n) is 4.52. The van der Waals surface area contributed by atoms with E-state index in [0.29, 0.717) is 0 Å². The summed E-state index contributed by atoms with van der Waals surface area (Å²) >= 11 is 0. The smallest absolute Gasteiger partial charge is 0.145 e. The Balaban J connectivity index is 2.19. The summed E-state index contributed by atoms with van der Waals surface area (Å²) in [5.74, 6) is 1.79. The van der Waals surface area contributed by atoms with Gasteiger partial charge < -0.3 is 4.74 Å². The molecule has 0 fully saturated rings. The first-order valence-electron chi connectivity index (χ1n) is 6.27. The minimum Gasteiger partial charge on any atom is -0.483 e. The molecule has 89 valence electrons. The van der Waals surface area contributed by atoms with Crippen molar-refractivity contribution >= 4 is 0 Å². The first kappa shape index (κ1) is 13.1. The van der Waals surface area contributed by atoms with Gasteiger partial charge in [0.1, 0.15) is 11.9 Å². The van der Waals surface area contributed by atoms with Gasteiger partial charge >= 0.3 is 0 Å². The number of benzene rings is 1. The predicted octanol–water partition coefficient (Wildman–Crippen LogP) is 4.83. The van der Waals surface area contributed by atoms with Gasteiger partial charge in [-0.25, -0.2) is 0 Å². The first-order chi connectivity index (χ1) is 7.72. The van der Waals surface area contributed by atoms with Crippen LogP contribution in [-0.2, 0) is 0 Å². The zero-order valence-corrected chi connectivity index (χ0v) is 10.7. The lowest BCUT2D eigenvalue weighted by Gasteiger charge is -2.14. The summed E-state index contributed by atoms with van der Waals surface area (Å²) in [6, 6.07) is 10.0. The number of hydrogen-bond acceptors (Lipinski definition) is 1. The van der Waals surface area contributed by atoms with Crippen LogP contribution in [-0.4, -0.2) is 0 Å². The topological polar surface area (TPSA) is 9.23 Å². The van der Waals surface area contributed by atoms with Crippen LogP contribution in [0.15, 0.2) is 30.3 Å². The van der Waals surface area contributed by atoms with Crippen molar-refractivity contribution in [2.45, 2.75) is 46.5 Å². The van der Waals surface area contributed by atoms with Crippen molar-refractivity contribution in [2.24, 2.45) is 5.92 Å². The van der Waals surface area contributed by atoms with Crippen molar-refractivity contribution in [1.82, 2.24) is 0 Å². The van der Waals surface area contributed by atoms with Crippen LogP contribution in [0.4, 0.5) is 0 Å². The van der Waals surface area contributed by atoms with Crippen molar-refractivity contribution in [3.8, 4) is 5.75 Å². The van der Waals surface area contributed by atoms with Crippen molar-refractivity contribution in [2.75, 3.05) is 0 Å². The average molecular weight is 219 g/mol. The zero-order valence-electron chi connectivity index (χ0n) is 10.7. The van der Waals surface area contributed by atoms with Crippen molar-refractivity contribution in [3.63, 3.8) is 0 Å². The maximum Gasteiger partial charge on any atom is 0.145 e. The van der Waals surface area contributed by atoms with Gasteiger partial charge in [-0.2, -0.15) is 0 Å². The van der Waals surface area contributed by atoms with E-state index in [1.165, 1.54) is 19.3 Å². The van der Waals surface area contributed by atoms with Crippen LogP contribution in [0.3, 0.4) is 0 Å². The molecule has 1 radical (unpaired) electrons. The fourth-order valence-corrected chi connectivity index (χ4v) is 1.64. The molecule has 0 saturated carbocycles. The zero-order chi connectivity index (χ0) is 11.8. The van der Waals surface area contributed by atoms with Gasteiger partial charge in [0.15, 0.2) is 0 Å². The Morgan fingerprint density at radius 1 is 1.25 bits per heavy atom. The third kappa shape index (κ3) is 5.20. The minimum atomic E-state index is 0.838. The molecule has 1 heteroatoms. The molecule has 0 amide bonds. The lowest BCUT2D eigenvalue weighted by atomic mass is 10.0. The minimum absolute atomic E-state index is 0.838. The monoisotopic (exact) mass is 219 g/mol. The number of rotatable bonds is 7. The van der Waals surface area contributed by atoms with Crippen LogP contribution in [0.1, 0.15) is 46.5 Å². The lowest BCUT2D eigenvalue weighted by Crippen LogP contribution is -2.03. The molecule has 1 aromatic rings. The van der Waals surface area contributed by atoms with E-state index in [0.717, 1.165) is 24.2 Å². The summed E-state index contributed by atoms with van der Waals surface area (Å²) in [6.07, 6.45) is 5.99. The second kappa shape index (κ2) is 7.32. The highest BCUT2D eigenvalue weighted by Gasteiger charge is 2.06. The van der Waals surface area contributed by atoms with E-state index in [9.17, 15) is 0 Å². The Labute approximate surface area is 99.8 Å². The van der Waals surface area contributed by atoms with E-state index >= 15 is 0 Å². The molecule has 1 atom stereocenters. The van der Waals surface area contributed by atoms with Crippen LogP contribution >= 0.6 is 0 Å². The van der Waals surface area contributed by atoms with Crippen LogP contribution in [0, 0.1) is 12.0 Å². The highest BCUT2D eigenvalue weighted by molar-refractivity contribution is 5.22. The molecular weight excluding hydrogens is 196 g/mol. The molecule has 0 saturated heterocycles. The number of para-hydroxylation sites is 1. The first-order valence-corrected chi connectivity index (χ1v) is 6.27. The molecule has 1 unspecified atom stereocenters. The maximum atomic E-state index is 5.75. The molecule has 0 aliphatic rings. The van der Waals surface area contributed by atoms with Gasteiger partial charge in [0.2, 0.25) is 0 Å². The second-order valence-corrected chi connectivity index (χ2v) is 4.52. The van der Waals surface area contributed by atoms with Crippen molar-refractivity contribution in [1.29, 1.82) is 0 Å². The lowest BCUT2D eigenvalue weighted by molar-refractivity contribution is 0.306. The molecule has 0 spiro atoms. The summed E-state index contributed by atoms with van der Waals surface area (Å²) in [7, 11) is 0. The molecular formula is C15H23O. The Kier molecular flexibility index (Phi) is 5.99. The Morgan fingerprint density at radius 2 is 1.94 bits per heavy atom. The van der Waals surface area contributed by atoms with Gasteiger partial charge in [-0.05, 0) is 37.8 Å². The van der Waals surface area contributed by atoms with Crippen LogP contribution in [0.25, 0.3) is 0 Å². The van der Waals surface area contributed by atoms with Gasteiger partial charge in [0.25, 0.3) is 0 Å². The summed E-state index contributed by atoms with van der Waals surface area (Å²) in [6.45, 7) is 6.64. The van der Waals surface area contributed by atoms with Gasteiger partial charge in [-0.15, -0.1) is 0 Å². The Bertz CT molecular complexity index is 268. The van der Waals surface area contributed by atoms with E-state index in [4.69, 9.17) is 4.74 Å². The Hall–Kier alpha value is -0.980. The molecule has 1 aromatic carbocycles. The van der Waals surface area contributed by atoms with Crippen LogP contribution in [0.5, 0.6) is 5.75 Å². The highest BCUT2D eigenvalue weighted by Crippen LogP contribution is 2.20. The summed E-state index contributed by atoms with van der Waals surface area (Å²) in [4.78, 5) is 0. The summed E-state index contributed by atoms with van der Waals surface area (Å²) in [5, 5.41) is 0. The molecule has 16 heavy (non-hydrogen) atoms. The standard InChI is InChI=1S/C15H23O/c1-4-13(2)9-8-10-14(3)16-15-11-6-5-7-12-15/h5-7,11-13H,4,8-10H2,1-3H3. The van der Waals surface area contributed by atoms with Gasteiger partial charge in [-0.1, -0.05) is 44.9 Å². The largest absolute Gasteiger partial charge is 0.483 e. The fourth-order valence-electron chi connectivity index (χ4n) is 1.64. The summed E-state index contributed by atoms with van der Waals surface area (Å²) < 4.78 is 5.75. The number of hydrogen-bond donors (Lipinski definition) is 0. The molecule has 0 N–H and O–H groups in total.